The van der Waals surface area contributed by atoms with Gasteiger partial charge in [-0.15, -0.1) is 0 Å². The zero-order valence-corrected chi connectivity index (χ0v) is 14.5. The fraction of sp³-hybridized carbons (Fsp3) is 0.684. The van der Waals surface area contributed by atoms with Crippen molar-refractivity contribution in [2.75, 3.05) is 33.4 Å². The monoisotopic (exact) mass is 335 g/mol. The standard InChI is InChI=1S/C19H29NO4/c1-22-17-8-6-15(7-9-17)13-23-14-16(21)12-20-10-11-24-19-5-3-2-4-18(19)20/h6-9,16,18-19,21H,2-5,10-14H2,1H3/t16-,18-,19-/m1/s1. The minimum Gasteiger partial charge on any atom is -0.497 e. The fourth-order valence-corrected chi connectivity index (χ4v) is 3.76. The number of benzene rings is 1. The van der Waals surface area contributed by atoms with Crippen molar-refractivity contribution in [1.82, 2.24) is 4.90 Å². The van der Waals surface area contributed by atoms with Crippen LogP contribution in [0.2, 0.25) is 0 Å². The Kier molecular flexibility index (Phi) is 6.49. The first-order valence-corrected chi connectivity index (χ1v) is 9.00. The number of methoxy groups -OCH3 is 1. The minimum atomic E-state index is -0.455. The van der Waals surface area contributed by atoms with E-state index >= 15 is 0 Å². The number of ether oxygens (including phenoxy) is 3. The summed E-state index contributed by atoms with van der Waals surface area (Å²) in [7, 11) is 1.66. The van der Waals surface area contributed by atoms with E-state index in [1.54, 1.807) is 7.11 Å². The van der Waals surface area contributed by atoms with Gasteiger partial charge in [0.1, 0.15) is 5.75 Å². The van der Waals surface area contributed by atoms with Crippen molar-refractivity contribution in [2.24, 2.45) is 0 Å². The molecule has 0 aromatic heterocycles. The van der Waals surface area contributed by atoms with Crippen molar-refractivity contribution >= 4 is 0 Å². The molecule has 1 aromatic rings. The van der Waals surface area contributed by atoms with Crippen LogP contribution in [-0.4, -0.2) is 61.7 Å². The lowest BCUT2D eigenvalue weighted by atomic mass is 9.90. The number of hydrogen-bond acceptors (Lipinski definition) is 5. The van der Waals surface area contributed by atoms with E-state index in [-0.39, 0.29) is 0 Å². The highest BCUT2D eigenvalue weighted by Gasteiger charge is 2.34. The number of nitrogens with zero attached hydrogens (tertiary/aromatic N) is 1. The van der Waals surface area contributed by atoms with E-state index in [4.69, 9.17) is 14.2 Å². The molecular weight excluding hydrogens is 306 g/mol. The fourth-order valence-electron chi connectivity index (χ4n) is 3.76. The zero-order valence-electron chi connectivity index (χ0n) is 14.5. The smallest absolute Gasteiger partial charge is 0.118 e. The average molecular weight is 335 g/mol. The molecule has 0 unspecified atom stereocenters. The molecule has 1 N–H and O–H groups in total. The van der Waals surface area contributed by atoms with Gasteiger partial charge < -0.3 is 19.3 Å². The number of aliphatic hydroxyl groups excluding tert-OH is 1. The summed E-state index contributed by atoms with van der Waals surface area (Å²) in [6.45, 7) is 3.24. The number of β-amino-alcohol motifs (C(OH)–C–C–N with tert-alkyl or cyclic N) is 1. The molecule has 134 valence electrons. The second kappa shape index (κ2) is 8.81. The number of hydrogen-bond donors (Lipinski definition) is 1. The molecule has 1 aliphatic carbocycles. The van der Waals surface area contributed by atoms with Crippen molar-refractivity contribution < 1.29 is 19.3 Å². The van der Waals surface area contributed by atoms with Gasteiger partial charge in [0, 0.05) is 19.1 Å². The molecule has 0 amide bonds. The maximum atomic E-state index is 10.3. The van der Waals surface area contributed by atoms with Gasteiger partial charge in [0.05, 0.1) is 39.1 Å². The summed E-state index contributed by atoms with van der Waals surface area (Å²) in [5, 5.41) is 10.3. The zero-order chi connectivity index (χ0) is 16.8. The van der Waals surface area contributed by atoms with Crippen LogP contribution in [0.5, 0.6) is 5.75 Å². The van der Waals surface area contributed by atoms with Crippen LogP contribution in [0.3, 0.4) is 0 Å². The third-order valence-electron chi connectivity index (χ3n) is 5.03. The lowest BCUT2D eigenvalue weighted by Crippen LogP contribution is -2.54. The highest BCUT2D eigenvalue weighted by Crippen LogP contribution is 2.28. The summed E-state index contributed by atoms with van der Waals surface area (Å²) >= 11 is 0. The Morgan fingerprint density at radius 3 is 2.83 bits per heavy atom. The summed E-state index contributed by atoms with van der Waals surface area (Å²) in [5.41, 5.74) is 1.08. The lowest BCUT2D eigenvalue weighted by Gasteiger charge is -2.44. The molecular formula is C19H29NO4. The van der Waals surface area contributed by atoms with Crippen molar-refractivity contribution in [2.45, 2.75) is 50.5 Å². The van der Waals surface area contributed by atoms with Crippen LogP contribution < -0.4 is 4.74 Å². The van der Waals surface area contributed by atoms with Crippen molar-refractivity contribution in [1.29, 1.82) is 0 Å². The van der Waals surface area contributed by atoms with Gasteiger partial charge in [0.15, 0.2) is 0 Å². The highest BCUT2D eigenvalue weighted by atomic mass is 16.5. The van der Waals surface area contributed by atoms with Gasteiger partial charge in [-0.05, 0) is 30.5 Å². The van der Waals surface area contributed by atoms with Gasteiger partial charge in [0.25, 0.3) is 0 Å². The predicted molar refractivity (Wildman–Crippen MR) is 92.2 cm³/mol. The van der Waals surface area contributed by atoms with Crippen LogP contribution in [0.4, 0.5) is 0 Å². The van der Waals surface area contributed by atoms with Gasteiger partial charge in [-0.3, -0.25) is 4.90 Å². The Morgan fingerprint density at radius 1 is 1.25 bits per heavy atom. The highest BCUT2D eigenvalue weighted by molar-refractivity contribution is 5.26. The normalized spacial score (nSPS) is 25.9. The SMILES string of the molecule is COc1ccc(COC[C@H](O)CN2CCO[C@@H]3CCCC[C@H]32)cc1. The van der Waals surface area contributed by atoms with Gasteiger partial charge in [0.2, 0.25) is 0 Å². The third-order valence-corrected chi connectivity index (χ3v) is 5.03. The Balaban J connectivity index is 1.40. The van der Waals surface area contributed by atoms with E-state index in [2.05, 4.69) is 4.90 Å². The molecule has 0 radical (unpaired) electrons. The van der Waals surface area contributed by atoms with Crippen LogP contribution in [0, 0.1) is 0 Å². The summed E-state index contributed by atoms with van der Waals surface area (Å²) in [6, 6.07) is 8.29. The maximum absolute atomic E-state index is 10.3. The van der Waals surface area contributed by atoms with E-state index in [0.717, 1.165) is 30.9 Å². The van der Waals surface area contributed by atoms with Crippen molar-refractivity contribution in [3.8, 4) is 5.75 Å². The Bertz CT molecular complexity index is 491. The molecule has 2 fully saturated rings. The van der Waals surface area contributed by atoms with E-state index in [1.807, 2.05) is 24.3 Å². The Morgan fingerprint density at radius 2 is 2.04 bits per heavy atom. The molecule has 24 heavy (non-hydrogen) atoms. The molecule has 5 heteroatoms. The van der Waals surface area contributed by atoms with Crippen LogP contribution in [0.15, 0.2) is 24.3 Å². The lowest BCUT2D eigenvalue weighted by molar-refractivity contribution is -0.103. The van der Waals surface area contributed by atoms with Gasteiger partial charge in [-0.25, -0.2) is 0 Å². The van der Waals surface area contributed by atoms with E-state index in [0.29, 0.717) is 31.9 Å². The number of aliphatic hydroxyl groups is 1. The number of morpholine rings is 1. The van der Waals surface area contributed by atoms with Crippen molar-refractivity contribution in [3.63, 3.8) is 0 Å². The quantitative estimate of drug-likeness (QED) is 0.828. The first-order valence-electron chi connectivity index (χ1n) is 9.00. The second-order valence-corrected chi connectivity index (χ2v) is 6.77. The molecule has 1 aliphatic heterocycles. The second-order valence-electron chi connectivity index (χ2n) is 6.77. The maximum Gasteiger partial charge on any atom is 0.118 e. The van der Waals surface area contributed by atoms with E-state index < -0.39 is 6.10 Å². The largest absolute Gasteiger partial charge is 0.497 e. The first-order chi connectivity index (χ1) is 11.8. The average Bonchev–Trinajstić information content (AvgIpc) is 2.63. The molecule has 0 bridgehead atoms. The van der Waals surface area contributed by atoms with Crippen molar-refractivity contribution in [3.05, 3.63) is 29.8 Å². The molecule has 1 heterocycles. The third kappa shape index (κ3) is 4.70. The Labute approximate surface area is 144 Å². The molecule has 0 spiro atoms. The molecule has 2 aliphatic rings. The van der Waals surface area contributed by atoms with Crippen LogP contribution in [-0.2, 0) is 16.1 Å². The number of fused-ring (bicyclic) bond motifs is 1. The Hall–Kier alpha value is -1.14. The first kappa shape index (κ1) is 17.7. The van der Waals surface area contributed by atoms with Crippen LogP contribution in [0.1, 0.15) is 31.2 Å². The van der Waals surface area contributed by atoms with Gasteiger partial charge >= 0.3 is 0 Å². The summed E-state index contributed by atoms with van der Waals surface area (Å²) in [4.78, 5) is 2.40. The molecule has 3 rings (SSSR count). The van der Waals surface area contributed by atoms with Gasteiger partial charge in [-0.1, -0.05) is 25.0 Å². The minimum absolute atomic E-state index is 0.361. The topological polar surface area (TPSA) is 51.2 Å². The van der Waals surface area contributed by atoms with E-state index in [9.17, 15) is 5.11 Å². The molecule has 1 saturated carbocycles. The summed E-state index contributed by atoms with van der Waals surface area (Å²) < 4.78 is 16.7. The van der Waals surface area contributed by atoms with Crippen LogP contribution in [0.25, 0.3) is 0 Å². The van der Waals surface area contributed by atoms with Crippen LogP contribution >= 0.6 is 0 Å². The van der Waals surface area contributed by atoms with Gasteiger partial charge in [-0.2, -0.15) is 0 Å². The molecule has 1 saturated heterocycles. The molecule has 1 aromatic carbocycles. The van der Waals surface area contributed by atoms with E-state index in [1.165, 1.54) is 19.3 Å². The molecule has 3 atom stereocenters. The summed E-state index contributed by atoms with van der Waals surface area (Å²) in [5.74, 6) is 0.841. The number of rotatable bonds is 7. The predicted octanol–water partition coefficient (Wildman–Crippen LogP) is 2.22. The summed E-state index contributed by atoms with van der Waals surface area (Å²) in [6.07, 6.45) is 4.78. The molecule has 5 nitrogen and oxygen atoms in total.